The molecule has 21 heavy (non-hydrogen) atoms. The Morgan fingerprint density at radius 2 is 2.33 bits per heavy atom. The number of hydrogen-bond donors (Lipinski definition) is 1. The molecule has 1 aliphatic carbocycles. The maximum atomic E-state index is 13.4. The van der Waals surface area contributed by atoms with Crippen molar-refractivity contribution in [2.24, 2.45) is 0 Å². The van der Waals surface area contributed by atoms with Crippen LogP contribution >= 0.6 is 11.3 Å². The molecule has 2 aromatic rings. The van der Waals surface area contributed by atoms with E-state index < -0.39 is 0 Å². The van der Waals surface area contributed by atoms with Crippen LogP contribution in [0.25, 0.3) is 0 Å². The van der Waals surface area contributed by atoms with Gasteiger partial charge >= 0.3 is 0 Å². The number of anilines is 2. The summed E-state index contributed by atoms with van der Waals surface area (Å²) in [7, 11) is 1.95. The normalized spacial score (nSPS) is 17.6. The van der Waals surface area contributed by atoms with Crippen LogP contribution in [0.15, 0.2) is 24.3 Å². The quantitative estimate of drug-likeness (QED) is 0.924. The summed E-state index contributed by atoms with van der Waals surface area (Å²) in [5, 5.41) is 4.45. The van der Waals surface area contributed by atoms with Crippen molar-refractivity contribution < 1.29 is 4.39 Å². The molecule has 1 aromatic heterocycles. The van der Waals surface area contributed by atoms with Gasteiger partial charge in [-0.3, -0.25) is 0 Å². The highest BCUT2D eigenvalue weighted by Gasteiger charge is 2.25. The van der Waals surface area contributed by atoms with Crippen molar-refractivity contribution >= 4 is 22.2 Å². The highest BCUT2D eigenvalue weighted by molar-refractivity contribution is 7.15. The number of halogens is 1. The summed E-state index contributed by atoms with van der Waals surface area (Å²) in [4.78, 5) is 8.15. The first-order chi connectivity index (χ1) is 10.2. The maximum absolute atomic E-state index is 13.4. The van der Waals surface area contributed by atoms with Gasteiger partial charge in [0.15, 0.2) is 5.13 Å². The first-order valence-corrected chi connectivity index (χ1v) is 8.23. The Balaban J connectivity index is 1.90. The molecule has 0 saturated carbocycles. The van der Waals surface area contributed by atoms with E-state index in [-0.39, 0.29) is 5.82 Å². The molecule has 1 aromatic carbocycles. The largest absolute Gasteiger partial charge is 0.321 e. The van der Waals surface area contributed by atoms with Crippen LogP contribution < -0.4 is 10.2 Å². The van der Waals surface area contributed by atoms with Crippen molar-refractivity contribution in [1.82, 2.24) is 10.3 Å². The maximum Gasteiger partial charge on any atom is 0.190 e. The Kier molecular flexibility index (Phi) is 4.22. The molecule has 1 aliphatic rings. The fourth-order valence-electron chi connectivity index (χ4n) is 2.79. The molecule has 0 spiro atoms. The standard InChI is InChI=1S/C16H20FN3S/c1-3-18-13-8-5-9-14-15(13)19-16(21-14)20(2)12-7-4-6-11(17)10-12/h4,6-7,10,13,18H,3,5,8-9H2,1-2H3. The predicted octanol–water partition coefficient (Wildman–Crippen LogP) is 4.04. The average Bonchev–Trinajstić information content (AvgIpc) is 2.92. The van der Waals surface area contributed by atoms with Crippen LogP contribution in [0.2, 0.25) is 0 Å². The van der Waals surface area contributed by atoms with Crippen LogP contribution in [0, 0.1) is 5.82 Å². The number of nitrogens with zero attached hydrogens (tertiary/aromatic N) is 2. The van der Waals surface area contributed by atoms with Crippen LogP contribution in [0.1, 0.15) is 36.4 Å². The van der Waals surface area contributed by atoms with Gasteiger partial charge < -0.3 is 10.2 Å². The second-order valence-electron chi connectivity index (χ2n) is 5.35. The summed E-state index contributed by atoms with van der Waals surface area (Å²) in [5.41, 5.74) is 2.02. The van der Waals surface area contributed by atoms with Gasteiger partial charge in [0.05, 0.1) is 11.7 Å². The molecule has 1 heterocycles. The molecule has 0 aliphatic heterocycles. The monoisotopic (exact) mass is 305 g/mol. The second-order valence-corrected chi connectivity index (χ2v) is 6.41. The van der Waals surface area contributed by atoms with Crippen LogP contribution in [0.3, 0.4) is 0 Å². The zero-order chi connectivity index (χ0) is 14.8. The molecular formula is C16H20FN3S. The number of nitrogens with one attached hydrogen (secondary N) is 1. The number of benzene rings is 1. The number of aryl methyl sites for hydroxylation is 1. The zero-order valence-corrected chi connectivity index (χ0v) is 13.2. The van der Waals surface area contributed by atoms with Crippen LogP contribution in [-0.2, 0) is 6.42 Å². The van der Waals surface area contributed by atoms with Crippen LogP contribution in [-0.4, -0.2) is 18.6 Å². The molecule has 3 nitrogen and oxygen atoms in total. The summed E-state index contributed by atoms with van der Waals surface area (Å²) in [6.07, 6.45) is 3.45. The minimum atomic E-state index is -0.216. The summed E-state index contributed by atoms with van der Waals surface area (Å²) >= 11 is 1.73. The van der Waals surface area contributed by atoms with E-state index in [9.17, 15) is 4.39 Å². The lowest BCUT2D eigenvalue weighted by molar-refractivity contribution is 0.465. The highest BCUT2D eigenvalue weighted by Crippen LogP contribution is 2.38. The molecule has 0 saturated heterocycles. The Bertz CT molecular complexity index is 626. The zero-order valence-electron chi connectivity index (χ0n) is 12.4. The summed E-state index contributed by atoms with van der Waals surface area (Å²) in [5.74, 6) is -0.216. The van der Waals surface area contributed by atoms with Crippen LogP contribution in [0.4, 0.5) is 15.2 Å². The van der Waals surface area contributed by atoms with Gasteiger partial charge in [0, 0.05) is 17.6 Å². The molecule has 0 bridgehead atoms. The first kappa shape index (κ1) is 14.5. The van der Waals surface area contributed by atoms with Gasteiger partial charge in [0.2, 0.25) is 0 Å². The fraction of sp³-hybridized carbons (Fsp3) is 0.438. The number of thiazole rings is 1. The Labute approximate surface area is 128 Å². The lowest BCUT2D eigenvalue weighted by atomic mass is 9.98. The van der Waals surface area contributed by atoms with E-state index in [4.69, 9.17) is 4.98 Å². The molecule has 5 heteroatoms. The molecule has 1 unspecified atom stereocenters. The Hall–Kier alpha value is -1.46. The van der Waals surface area contributed by atoms with Gasteiger partial charge in [0.25, 0.3) is 0 Å². The third kappa shape index (κ3) is 2.94. The number of aromatic nitrogens is 1. The fourth-order valence-corrected chi connectivity index (χ4v) is 3.93. The van der Waals surface area contributed by atoms with Gasteiger partial charge in [-0.1, -0.05) is 13.0 Å². The van der Waals surface area contributed by atoms with E-state index >= 15 is 0 Å². The van der Waals surface area contributed by atoms with Crippen molar-refractivity contribution in [1.29, 1.82) is 0 Å². The summed E-state index contributed by atoms with van der Waals surface area (Å²) < 4.78 is 13.4. The van der Waals surface area contributed by atoms with Crippen molar-refractivity contribution in [2.45, 2.75) is 32.2 Å². The predicted molar refractivity (Wildman–Crippen MR) is 85.9 cm³/mol. The van der Waals surface area contributed by atoms with E-state index in [1.54, 1.807) is 23.5 Å². The lowest BCUT2D eigenvalue weighted by Gasteiger charge is -2.21. The third-order valence-electron chi connectivity index (χ3n) is 3.88. The number of rotatable bonds is 4. The molecule has 1 N–H and O–H groups in total. The van der Waals surface area contributed by atoms with E-state index in [1.165, 1.54) is 23.1 Å². The minimum Gasteiger partial charge on any atom is -0.321 e. The average molecular weight is 305 g/mol. The van der Waals surface area contributed by atoms with Gasteiger partial charge in [-0.25, -0.2) is 9.37 Å². The van der Waals surface area contributed by atoms with Gasteiger partial charge in [0.1, 0.15) is 5.82 Å². The molecule has 0 radical (unpaired) electrons. The SMILES string of the molecule is CCNC1CCCc2sc(N(C)c3cccc(F)c3)nc21. The van der Waals surface area contributed by atoms with Crippen LogP contribution in [0.5, 0.6) is 0 Å². The topological polar surface area (TPSA) is 28.2 Å². The molecule has 0 fully saturated rings. The van der Waals surface area contributed by atoms with Crippen molar-refractivity contribution in [3.05, 3.63) is 40.7 Å². The second kappa shape index (κ2) is 6.12. The smallest absolute Gasteiger partial charge is 0.190 e. The van der Waals surface area contributed by atoms with Crippen molar-refractivity contribution in [3.8, 4) is 0 Å². The van der Waals surface area contributed by atoms with Gasteiger partial charge in [-0.15, -0.1) is 11.3 Å². The Morgan fingerprint density at radius 3 is 3.10 bits per heavy atom. The molecule has 112 valence electrons. The Morgan fingerprint density at radius 1 is 1.48 bits per heavy atom. The van der Waals surface area contributed by atoms with E-state index in [0.29, 0.717) is 6.04 Å². The van der Waals surface area contributed by atoms with Gasteiger partial charge in [-0.2, -0.15) is 0 Å². The number of hydrogen-bond acceptors (Lipinski definition) is 4. The van der Waals surface area contributed by atoms with E-state index in [2.05, 4.69) is 12.2 Å². The minimum absolute atomic E-state index is 0.216. The number of fused-ring (bicyclic) bond motifs is 1. The molecular weight excluding hydrogens is 285 g/mol. The van der Waals surface area contributed by atoms with Crippen molar-refractivity contribution in [2.75, 3.05) is 18.5 Å². The molecule has 3 rings (SSSR count). The van der Waals surface area contributed by atoms with E-state index in [0.717, 1.165) is 30.2 Å². The van der Waals surface area contributed by atoms with Gasteiger partial charge in [-0.05, 0) is 44.0 Å². The highest BCUT2D eigenvalue weighted by atomic mass is 32.1. The first-order valence-electron chi connectivity index (χ1n) is 7.41. The molecule has 0 amide bonds. The lowest BCUT2D eigenvalue weighted by Crippen LogP contribution is -2.24. The summed E-state index contributed by atoms with van der Waals surface area (Å²) in [6, 6.07) is 7.01. The molecule has 1 atom stereocenters. The van der Waals surface area contributed by atoms with E-state index in [1.807, 2.05) is 18.0 Å². The third-order valence-corrected chi connectivity index (χ3v) is 5.08. The summed E-state index contributed by atoms with van der Waals surface area (Å²) in [6.45, 7) is 3.08. The van der Waals surface area contributed by atoms with Crippen molar-refractivity contribution in [3.63, 3.8) is 0 Å².